The second kappa shape index (κ2) is 8.71. The van der Waals surface area contributed by atoms with Crippen molar-refractivity contribution in [2.75, 3.05) is 5.75 Å². The standard InChI is InChI=1S/C14H23N3O3S/c1-4-10(2)17-7-5-12(16-17)9-21-8-6-13(14(19)20)15-11(3)18/h5,7,10,13H,4,6,8-9H2,1-3H3,(H,15,18)(H,19,20). The van der Waals surface area contributed by atoms with Gasteiger partial charge in [0.05, 0.1) is 5.69 Å². The third-order valence-corrected chi connectivity index (χ3v) is 4.21. The molecule has 0 bridgehead atoms. The summed E-state index contributed by atoms with van der Waals surface area (Å²) in [6.07, 6.45) is 3.42. The maximum absolute atomic E-state index is 11.0. The molecular formula is C14H23N3O3S. The van der Waals surface area contributed by atoms with Crippen LogP contribution in [-0.4, -0.2) is 38.6 Å². The highest BCUT2D eigenvalue weighted by Gasteiger charge is 2.17. The van der Waals surface area contributed by atoms with Crippen LogP contribution in [0, 0.1) is 0 Å². The Labute approximate surface area is 129 Å². The molecule has 0 saturated heterocycles. The van der Waals surface area contributed by atoms with Crippen molar-refractivity contribution in [1.29, 1.82) is 0 Å². The number of carbonyl (C=O) groups is 2. The average molecular weight is 313 g/mol. The molecule has 2 atom stereocenters. The van der Waals surface area contributed by atoms with Gasteiger partial charge in [-0.1, -0.05) is 6.92 Å². The Hall–Kier alpha value is -1.50. The van der Waals surface area contributed by atoms with Crippen LogP contribution in [-0.2, 0) is 15.3 Å². The van der Waals surface area contributed by atoms with Gasteiger partial charge in [0.1, 0.15) is 6.04 Å². The topological polar surface area (TPSA) is 84.2 Å². The van der Waals surface area contributed by atoms with E-state index in [1.807, 2.05) is 16.9 Å². The van der Waals surface area contributed by atoms with E-state index in [1.165, 1.54) is 6.92 Å². The maximum atomic E-state index is 11.0. The molecule has 0 spiro atoms. The number of aromatic nitrogens is 2. The Morgan fingerprint density at radius 3 is 2.81 bits per heavy atom. The number of nitrogens with one attached hydrogen (secondary N) is 1. The van der Waals surface area contributed by atoms with Gasteiger partial charge >= 0.3 is 5.97 Å². The highest BCUT2D eigenvalue weighted by Crippen LogP contribution is 2.15. The van der Waals surface area contributed by atoms with Gasteiger partial charge in [-0.3, -0.25) is 9.48 Å². The summed E-state index contributed by atoms with van der Waals surface area (Å²) in [7, 11) is 0. The largest absolute Gasteiger partial charge is 0.480 e. The number of carboxylic acid groups (broad SMARTS) is 1. The molecule has 2 N–H and O–H groups in total. The molecule has 1 rings (SSSR count). The lowest BCUT2D eigenvalue weighted by Crippen LogP contribution is -2.39. The molecule has 7 heteroatoms. The number of hydrogen-bond donors (Lipinski definition) is 2. The molecule has 0 fully saturated rings. The van der Waals surface area contributed by atoms with Crippen molar-refractivity contribution in [3.05, 3.63) is 18.0 Å². The lowest BCUT2D eigenvalue weighted by molar-refractivity contribution is -0.141. The van der Waals surface area contributed by atoms with E-state index in [0.29, 0.717) is 18.2 Å². The van der Waals surface area contributed by atoms with E-state index in [-0.39, 0.29) is 5.91 Å². The normalized spacial score (nSPS) is 13.7. The minimum Gasteiger partial charge on any atom is -0.480 e. The molecule has 1 aromatic rings. The van der Waals surface area contributed by atoms with Gasteiger partial charge in [-0.15, -0.1) is 0 Å². The number of hydrogen-bond acceptors (Lipinski definition) is 4. The number of carboxylic acids is 1. The minimum absolute atomic E-state index is 0.320. The van der Waals surface area contributed by atoms with Gasteiger partial charge < -0.3 is 10.4 Å². The Kier molecular flexibility index (Phi) is 7.28. The van der Waals surface area contributed by atoms with Gasteiger partial charge in [0.2, 0.25) is 5.91 Å². The number of carbonyl (C=O) groups excluding carboxylic acids is 1. The third-order valence-electron chi connectivity index (χ3n) is 3.18. The second-order valence-electron chi connectivity index (χ2n) is 4.98. The molecule has 0 aliphatic rings. The summed E-state index contributed by atoms with van der Waals surface area (Å²) in [5.74, 6) is 0.0927. The van der Waals surface area contributed by atoms with Gasteiger partial charge in [0.15, 0.2) is 0 Å². The summed E-state index contributed by atoms with van der Waals surface area (Å²) >= 11 is 1.62. The number of amides is 1. The molecule has 0 aliphatic carbocycles. The van der Waals surface area contributed by atoms with Crippen LogP contribution in [0.3, 0.4) is 0 Å². The number of aliphatic carboxylic acids is 1. The van der Waals surface area contributed by atoms with Crippen molar-refractivity contribution in [3.8, 4) is 0 Å². The second-order valence-corrected chi connectivity index (χ2v) is 6.08. The average Bonchev–Trinajstić information content (AvgIpc) is 2.89. The van der Waals surface area contributed by atoms with Crippen molar-refractivity contribution >= 4 is 23.6 Å². The SMILES string of the molecule is CCC(C)n1ccc(CSCCC(NC(C)=O)C(=O)O)n1. The van der Waals surface area contributed by atoms with E-state index in [9.17, 15) is 9.59 Å². The summed E-state index contributed by atoms with van der Waals surface area (Å²) in [6, 6.07) is 1.56. The molecule has 0 saturated carbocycles. The molecule has 1 heterocycles. The first-order valence-corrected chi connectivity index (χ1v) is 8.21. The molecule has 2 unspecified atom stereocenters. The fourth-order valence-electron chi connectivity index (χ4n) is 1.77. The van der Waals surface area contributed by atoms with Gasteiger partial charge in [-0.05, 0) is 31.6 Å². The van der Waals surface area contributed by atoms with Crippen molar-refractivity contribution in [3.63, 3.8) is 0 Å². The van der Waals surface area contributed by atoms with Crippen LogP contribution in [0.2, 0.25) is 0 Å². The maximum Gasteiger partial charge on any atom is 0.326 e. The summed E-state index contributed by atoms with van der Waals surface area (Å²) in [4.78, 5) is 21.9. The van der Waals surface area contributed by atoms with Crippen LogP contribution in [0.15, 0.2) is 12.3 Å². The Morgan fingerprint density at radius 1 is 1.52 bits per heavy atom. The van der Waals surface area contributed by atoms with E-state index in [4.69, 9.17) is 5.11 Å². The van der Waals surface area contributed by atoms with Gasteiger partial charge in [0, 0.05) is 24.9 Å². The first-order valence-electron chi connectivity index (χ1n) is 7.05. The van der Waals surface area contributed by atoms with Crippen molar-refractivity contribution in [1.82, 2.24) is 15.1 Å². The number of nitrogens with zero attached hydrogens (tertiary/aromatic N) is 2. The van der Waals surface area contributed by atoms with Gasteiger partial charge in [-0.2, -0.15) is 16.9 Å². The number of thioether (sulfide) groups is 1. The minimum atomic E-state index is -0.994. The van der Waals surface area contributed by atoms with Crippen molar-refractivity contribution < 1.29 is 14.7 Å². The Bertz CT molecular complexity index is 476. The third kappa shape index (κ3) is 6.20. The van der Waals surface area contributed by atoms with E-state index < -0.39 is 12.0 Å². The predicted molar refractivity (Wildman–Crippen MR) is 83.2 cm³/mol. The highest BCUT2D eigenvalue weighted by atomic mass is 32.2. The van der Waals surface area contributed by atoms with Gasteiger partial charge in [0.25, 0.3) is 0 Å². The first-order chi connectivity index (χ1) is 9.93. The fraction of sp³-hybridized carbons (Fsp3) is 0.643. The molecule has 1 aromatic heterocycles. The quantitative estimate of drug-likeness (QED) is 0.682. The zero-order chi connectivity index (χ0) is 15.8. The van der Waals surface area contributed by atoms with Crippen LogP contribution in [0.25, 0.3) is 0 Å². The molecule has 1 amide bonds. The molecular weight excluding hydrogens is 290 g/mol. The zero-order valence-corrected chi connectivity index (χ0v) is 13.5. The molecule has 118 valence electrons. The first kappa shape index (κ1) is 17.6. The monoisotopic (exact) mass is 313 g/mol. The highest BCUT2D eigenvalue weighted by molar-refractivity contribution is 7.98. The predicted octanol–water partition coefficient (Wildman–Crippen LogP) is 2.07. The van der Waals surface area contributed by atoms with Crippen LogP contribution in [0.5, 0.6) is 0 Å². The van der Waals surface area contributed by atoms with Crippen molar-refractivity contribution in [2.45, 2.75) is 51.4 Å². The molecule has 0 aliphatic heterocycles. The van der Waals surface area contributed by atoms with Crippen molar-refractivity contribution in [2.24, 2.45) is 0 Å². The smallest absolute Gasteiger partial charge is 0.326 e. The molecule has 21 heavy (non-hydrogen) atoms. The van der Waals surface area contributed by atoms with Crippen LogP contribution in [0.4, 0.5) is 0 Å². The molecule has 6 nitrogen and oxygen atoms in total. The number of rotatable bonds is 9. The van der Waals surface area contributed by atoms with E-state index >= 15 is 0 Å². The van der Waals surface area contributed by atoms with E-state index in [0.717, 1.165) is 17.9 Å². The Balaban J connectivity index is 2.34. The molecule has 0 radical (unpaired) electrons. The Morgan fingerprint density at radius 2 is 2.24 bits per heavy atom. The fourth-order valence-corrected chi connectivity index (χ4v) is 2.68. The van der Waals surface area contributed by atoms with E-state index in [2.05, 4.69) is 24.3 Å². The van der Waals surface area contributed by atoms with Crippen LogP contribution in [0.1, 0.15) is 45.3 Å². The lowest BCUT2D eigenvalue weighted by Gasteiger charge is -2.12. The summed E-state index contributed by atoms with van der Waals surface area (Å²) in [6.45, 7) is 5.56. The van der Waals surface area contributed by atoms with Gasteiger partial charge in [-0.25, -0.2) is 4.79 Å². The molecule has 0 aromatic carbocycles. The lowest BCUT2D eigenvalue weighted by atomic mass is 10.2. The van der Waals surface area contributed by atoms with Crippen LogP contribution < -0.4 is 5.32 Å². The zero-order valence-electron chi connectivity index (χ0n) is 12.7. The van der Waals surface area contributed by atoms with E-state index in [1.54, 1.807) is 11.8 Å². The van der Waals surface area contributed by atoms with Crippen LogP contribution >= 0.6 is 11.8 Å². The summed E-state index contributed by atoms with van der Waals surface area (Å²) < 4.78 is 1.95. The summed E-state index contributed by atoms with van der Waals surface area (Å²) in [5.41, 5.74) is 0.992. The summed E-state index contributed by atoms with van der Waals surface area (Å²) in [5, 5.41) is 15.9.